The predicted molar refractivity (Wildman–Crippen MR) is 125 cm³/mol. The van der Waals surface area contributed by atoms with Crippen molar-refractivity contribution in [2.75, 3.05) is 24.3 Å². The number of nitrogens with one attached hydrogen (secondary N) is 2. The van der Waals surface area contributed by atoms with Crippen LogP contribution in [0.1, 0.15) is 6.92 Å². The third kappa shape index (κ3) is 5.92. The number of aromatic nitrogens is 1. The van der Waals surface area contributed by atoms with Gasteiger partial charge in [0.2, 0.25) is 5.91 Å². The summed E-state index contributed by atoms with van der Waals surface area (Å²) in [4.78, 5) is 17.5. The first-order valence-corrected chi connectivity index (χ1v) is 11.9. The number of pyridine rings is 1. The number of carbonyl (C=O) groups excluding carboxylic acids is 1. The molecule has 0 spiro atoms. The number of anilines is 2. The topological polar surface area (TPSA) is 107 Å². The predicted octanol–water partition coefficient (Wildman–Crippen LogP) is 4.02. The van der Waals surface area contributed by atoms with Gasteiger partial charge >= 0.3 is 0 Å². The molecule has 0 bridgehead atoms. The molecule has 0 saturated carbocycles. The summed E-state index contributed by atoms with van der Waals surface area (Å²) in [5.41, 5.74) is 0.492. The first-order valence-electron chi connectivity index (χ1n) is 9.56. The van der Waals surface area contributed by atoms with Gasteiger partial charge in [0.25, 0.3) is 10.0 Å². The first kappa shape index (κ1) is 23.4. The van der Waals surface area contributed by atoms with Crippen LogP contribution >= 0.6 is 11.8 Å². The Morgan fingerprint density at radius 3 is 2.34 bits per heavy atom. The molecule has 8 nitrogen and oxygen atoms in total. The molecule has 168 valence electrons. The summed E-state index contributed by atoms with van der Waals surface area (Å²) in [6.45, 7) is 1.78. The van der Waals surface area contributed by atoms with Crippen molar-refractivity contribution in [3.63, 3.8) is 0 Å². The molecule has 1 amide bonds. The second-order valence-electron chi connectivity index (χ2n) is 6.61. The second-order valence-corrected chi connectivity index (χ2v) is 9.71. The van der Waals surface area contributed by atoms with Gasteiger partial charge in [-0.3, -0.25) is 9.52 Å². The van der Waals surface area contributed by atoms with E-state index in [1.165, 1.54) is 30.1 Å². The number of hydrogen-bond acceptors (Lipinski definition) is 7. The van der Waals surface area contributed by atoms with E-state index in [9.17, 15) is 13.2 Å². The van der Waals surface area contributed by atoms with E-state index >= 15 is 0 Å². The molecule has 0 unspecified atom stereocenters. The molecule has 0 saturated heterocycles. The fraction of sp³-hybridized carbons (Fsp3) is 0.182. The molecule has 0 aliphatic rings. The van der Waals surface area contributed by atoms with Crippen LogP contribution in [-0.2, 0) is 14.8 Å². The number of thioether (sulfide) groups is 1. The van der Waals surface area contributed by atoms with Crippen molar-refractivity contribution in [3.05, 3.63) is 66.9 Å². The molecule has 3 rings (SSSR count). The zero-order valence-electron chi connectivity index (χ0n) is 17.7. The summed E-state index contributed by atoms with van der Waals surface area (Å²) >= 11 is 1.37. The van der Waals surface area contributed by atoms with E-state index in [1.807, 2.05) is 12.1 Å². The third-order valence-electron chi connectivity index (χ3n) is 4.37. The van der Waals surface area contributed by atoms with Gasteiger partial charge in [-0.05, 0) is 61.5 Å². The highest BCUT2D eigenvalue weighted by molar-refractivity contribution is 8.00. The molecule has 1 aromatic heterocycles. The SMILES string of the molecule is COc1ccc(S[C@@H](C)C(=O)Nc2ccc(S(=O)(=O)Nc3ccccn3)cc2)cc1OC. The molecule has 2 N–H and O–H groups in total. The zero-order valence-corrected chi connectivity index (χ0v) is 19.4. The van der Waals surface area contributed by atoms with Crippen molar-refractivity contribution in [1.82, 2.24) is 4.98 Å². The van der Waals surface area contributed by atoms with Crippen LogP contribution in [0.15, 0.2) is 76.7 Å². The van der Waals surface area contributed by atoms with Gasteiger partial charge in [0.05, 0.1) is 24.4 Å². The lowest BCUT2D eigenvalue weighted by molar-refractivity contribution is -0.115. The number of nitrogens with zero attached hydrogens (tertiary/aromatic N) is 1. The molecule has 0 fully saturated rings. The highest BCUT2D eigenvalue weighted by atomic mass is 32.2. The lowest BCUT2D eigenvalue weighted by atomic mass is 10.3. The van der Waals surface area contributed by atoms with Gasteiger partial charge in [-0.2, -0.15) is 0 Å². The van der Waals surface area contributed by atoms with Crippen molar-refractivity contribution in [2.45, 2.75) is 22.0 Å². The number of benzene rings is 2. The van der Waals surface area contributed by atoms with E-state index in [1.54, 1.807) is 57.5 Å². The number of carbonyl (C=O) groups is 1. The Balaban J connectivity index is 1.63. The quantitative estimate of drug-likeness (QED) is 0.452. The van der Waals surface area contributed by atoms with Crippen LogP contribution in [0, 0.1) is 0 Å². The number of amides is 1. The van der Waals surface area contributed by atoms with Gasteiger partial charge in [0.1, 0.15) is 5.82 Å². The minimum atomic E-state index is -3.78. The monoisotopic (exact) mass is 473 g/mol. The van der Waals surface area contributed by atoms with E-state index in [2.05, 4.69) is 15.0 Å². The fourth-order valence-electron chi connectivity index (χ4n) is 2.73. The minimum Gasteiger partial charge on any atom is -0.493 e. The van der Waals surface area contributed by atoms with E-state index < -0.39 is 15.3 Å². The molecule has 0 radical (unpaired) electrons. The molecular weight excluding hydrogens is 450 g/mol. The van der Waals surface area contributed by atoms with Gasteiger partial charge in [-0.25, -0.2) is 13.4 Å². The lowest BCUT2D eigenvalue weighted by Crippen LogP contribution is -2.22. The van der Waals surface area contributed by atoms with Crippen LogP contribution in [0.2, 0.25) is 0 Å². The summed E-state index contributed by atoms with van der Waals surface area (Å²) in [5.74, 6) is 1.21. The molecule has 1 heterocycles. The summed E-state index contributed by atoms with van der Waals surface area (Å²) in [7, 11) is -0.664. The minimum absolute atomic E-state index is 0.0638. The molecule has 10 heteroatoms. The van der Waals surface area contributed by atoms with Crippen LogP contribution < -0.4 is 19.5 Å². The smallest absolute Gasteiger partial charge is 0.263 e. The molecule has 2 aromatic carbocycles. The van der Waals surface area contributed by atoms with Crippen molar-refractivity contribution >= 4 is 39.2 Å². The Morgan fingerprint density at radius 1 is 1.00 bits per heavy atom. The normalized spacial score (nSPS) is 12.0. The number of hydrogen-bond donors (Lipinski definition) is 2. The van der Waals surface area contributed by atoms with Crippen LogP contribution in [0.3, 0.4) is 0 Å². The van der Waals surface area contributed by atoms with Crippen molar-refractivity contribution in [2.24, 2.45) is 0 Å². The standard InChI is InChI=1S/C22H23N3O5S2/c1-15(31-17-9-12-19(29-2)20(14-17)30-3)22(26)24-16-7-10-18(11-8-16)32(27,28)25-21-6-4-5-13-23-21/h4-15H,1-3H3,(H,23,25)(H,24,26)/t15-/m0/s1. The summed E-state index contributed by atoms with van der Waals surface area (Å²) in [6.07, 6.45) is 1.50. The van der Waals surface area contributed by atoms with Gasteiger partial charge < -0.3 is 14.8 Å². The second kappa shape index (κ2) is 10.4. The Bertz CT molecular complexity index is 1170. The first-order chi connectivity index (χ1) is 15.3. The van der Waals surface area contributed by atoms with Crippen molar-refractivity contribution in [3.8, 4) is 11.5 Å². The summed E-state index contributed by atoms with van der Waals surface area (Å²) in [5, 5.41) is 2.40. The maximum Gasteiger partial charge on any atom is 0.263 e. The van der Waals surface area contributed by atoms with Gasteiger partial charge in [-0.1, -0.05) is 6.07 Å². The number of ether oxygens (including phenoxy) is 2. The number of sulfonamides is 1. The van der Waals surface area contributed by atoms with Crippen LogP contribution in [0.5, 0.6) is 11.5 Å². The average Bonchev–Trinajstić information content (AvgIpc) is 2.79. The summed E-state index contributed by atoms with van der Waals surface area (Å²) < 4.78 is 37.9. The Hall–Kier alpha value is -3.24. The van der Waals surface area contributed by atoms with Crippen LogP contribution in [0.4, 0.5) is 11.5 Å². The molecule has 0 aliphatic carbocycles. The average molecular weight is 474 g/mol. The largest absolute Gasteiger partial charge is 0.493 e. The summed E-state index contributed by atoms with van der Waals surface area (Å²) in [6, 6.07) is 16.3. The van der Waals surface area contributed by atoms with Crippen LogP contribution in [0.25, 0.3) is 0 Å². The molecule has 0 aliphatic heterocycles. The van der Waals surface area contributed by atoms with Gasteiger partial charge in [0.15, 0.2) is 11.5 Å². The lowest BCUT2D eigenvalue weighted by Gasteiger charge is -2.14. The molecular formula is C22H23N3O5S2. The van der Waals surface area contributed by atoms with E-state index in [-0.39, 0.29) is 16.6 Å². The fourth-order valence-corrected chi connectivity index (χ4v) is 4.63. The van der Waals surface area contributed by atoms with Gasteiger partial charge in [-0.15, -0.1) is 11.8 Å². The molecule has 1 atom stereocenters. The maximum absolute atomic E-state index is 12.6. The third-order valence-corrected chi connectivity index (χ3v) is 6.84. The number of rotatable bonds is 9. The Labute approximate surface area is 191 Å². The molecule has 32 heavy (non-hydrogen) atoms. The highest BCUT2D eigenvalue weighted by Gasteiger charge is 2.18. The highest BCUT2D eigenvalue weighted by Crippen LogP contribution is 2.33. The van der Waals surface area contributed by atoms with Crippen molar-refractivity contribution in [1.29, 1.82) is 0 Å². The zero-order chi connectivity index (χ0) is 23.1. The molecule has 3 aromatic rings. The van der Waals surface area contributed by atoms with Crippen LogP contribution in [-0.4, -0.2) is 38.8 Å². The van der Waals surface area contributed by atoms with Gasteiger partial charge in [0, 0.05) is 16.8 Å². The number of methoxy groups -OCH3 is 2. The van der Waals surface area contributed by atoms with E-state index in [4.69, 9.17) is 9.47 Å². The van der Waals surface area contributed by atoms with Crippen molar-refractivity contribution < 1.29 is 22.7 Å². The van der Waals surface area contributed by atoms with E-state index in [0.29, 0.717) is 17.2 Å². The Morgan fingerprint density at radius 2 is 1.72 bits per heavy atom. The van der Waals surface area contributed by atoms with E-state index in [0.717, 1.165) is 4.90 Å². The Kier molecular flexibility index (Phi) is 7.60. The maximum atomic E-state index is 12.6.